The number of rotatable bonds is 6. The van der Waals surface area contributed by atoms with Crippen LogP contribution in [0.4, 0.5) is 17.5 Å². The quantitative estimate of drug-likeness (QED) is 0.511. The Bertz CT molecular complexity index is 1030. The molecule has 0 spiro atoms. The van der Waals surface area contributed by atoms with E-state index in [1.165, 1.54) is 12.8 Å². The van der Waals surface area contributed by atoms with E-state index < -0.39 is 0 Å². The number of pyridine rings is 1. The SMILES string of the molecule is Cc1cc(Nc2nc(NC3CC4CCC(C3)N4CCC#N)cc3[nH]ccc23)n[nH]1. The number of nitrogens with zero attached hydrogens (tertiary/aromatic N) is 4. The summed E-state index contributed by atoms with van der Waals surface area (Å²) in [5, 5.41) is 24.2. The van der Waals surface area contributed by atoms with Crippen LogP contribution in [0.2, 0.25) is 0 Å². The monoisotopic (exact) mass is 390 g/mol. The third kappa shape index (κ3) is 3.54. The topological polar surface area (TPSA) is 108 Å². The average Bonchev–Trinajstić information content (AvgIpc) is 3.39. The number of nitrogens with one attached hydrogen (secondary N) is 4. The van der Waals surface area contributed by atoms with Gasteiger partial charge in [-0.1, -0.05) is 0 Å². The summed E-state index contributed by atoms with van der Waals surface area (Å²) in [5.41, 5.74) is 2.05. The van der Waals surface area contributed by atoms with Crippen LogP contribution in [0.3, 0.4) is 0 Å². The molecule has 2 aliphatic heterocycles. The number of H-pyrrole nitrogens is 2. The van der Waals surface area contributed by atoms with Crippen LogP contribution in [-0.4, -0.2) is 49.7 Å². The minimum Gasteiger partial charge on any atom is -0.367 e. The fourth-order valence-electron chi connectivity index (χ4n) is 4.98. The summed E-state index contributed by atoms with van der Waals surface area (Å²) in [6, 6.07) is 9.94. The third-order valence-corrected chi connectivity index (χ3v) is 6.22. The summed E-state index contributed by atoms with van der Waals surface area (Å²) < 4.78 is 0. The van der Waals surface area contributed by atoms with Gasteiger partial charge in [0.2, 0.25) is 0 Å². The third-order valence-electron chi connectivity index (χ3n) is 6.22. The number of hydrogen-bond acceptors (Lipinski definition) is 6. The first-order valence-electron chi connectivity index (χ1n) is 10.4. The van der Waals surface area contributed by atoms with Crippen molar-refractivity contribution in [3.05, 3.63) is 30.1 Å². The molecule has 150 valence electrons. The first-order chi connectivity index (χ1) is 14.2. The fraction of sp³-hybridized carbons (Fsp3) is 0.476. The number of aromatic amines is 2. The van der Waals surface area contributed by atoms with Crippen molar-refractivity contribution in [2.75, 3.05) is 17.2 Å². The van der Waals surface area contributed by atoms with Crippen LogP contribution < -0.4 is 10.6 Å². The van der Waals surface area contributed by atoms with Crippen LogP contribution in [0, 0.1) is 18.3 Å². The highest BCUT2D eigenvalue weighted by Crippen LogP contribution is 2.37. The molecule has 3 aromatic rings. The van der Waals surface area contributed by atoms with E-state index in [2.05, 4.69) is 42.9 Å². The molecule has 5 rings (SSSR count). The predicted molar refractivity (Wildman–Crippen MR) is 113 cm³/mol. The Morgan fingerprint density at radius 1 is 1.24 bits per heavy atom. The molecule has 3 aromatic heterocycles. The summed E-state index contributed by atoms with van der Waals surface area (Å²) in [6.07, 6.45) is 7.25. The highest BCUT2D eigenvalue weighted by Gasteiger charge is 2.40. The Labute approximate surface area is 169 Å². The number of fused-ring (bicyclic) bond motifs is 3. The molecule has 0 saturated carbocycles. The van der Waals surface area contributed by atoms with Gasteiger partial charge in [-0.05, 0) is 38.7 Å². The van der Waals surface area contributed by atoms with E-state index in [1.807, 2.05) is 25.3 Å². The second-order valence-corrected chi connectivity index (χ2v) is 8.20. The van der Waals surface area contributed by atoms with Gasteiger partial charge in [0.25, 0.3) is 0 Å². The second-order valence-electron chi connectivity index (χ2n) is 8.20. The van der Waals surface area contributed by atoms with Crippen molar-refractivity contribution in [3.8, 4) is 6.07 Å². The molecule has 2 atom stereocenters. The lowest BCUT2D eigenvalue weighted by Gasteiger charge is -2.39. The number of aromatic nitrogens is 4. The van der Waals surface area contributed by atoms with Gasteiger partial charge in [-0.2, -0.15) is 10.4 Å². The van der Waals surface area contributed by atoms with Gasteiger partial charge in [0.1, 0.15) is 11.6 Å². The van der Waals surface area contributed by atoms with Gasteiger partial charge in [-0.25, -0.2) is 4.98 Å². The molecule has 2 fully saturated rings. The lowest BCUT2D eigenvalue weighted by atomic mass is 9.97. The van der Waals surface area contributed by atoms with Crippen LogP contribution >= 0.6 is 0 Å². The Kier molecular flexibility index (Phi) is 4.60. The number of anilines is 3. The van der Waals surface area contributed by atoms with Crippen molar-refractivity contribution in [2.24, 2.45) is 0 Å². The molecule has 2 saturated heterocycles. The standard InChI is InChI=1S/C21H26N8/c1-13-9-20(28-27-13)26-21-17-5-7-23-18(17)12-19(25-21)24-14-10-15-3-4-16(11-14)29(15)8-2-6-22/h5,7,9,12,14-16,23H,2-4,8,10-11H2,1H3,(H3,24,25,26,27,28). The highest BCUT2D eigenvalue weighted by molar-refractivity contribution is 5.93. The Morgan fingerprint density at radius 3 is 2.79 bits per heavy atom. The molecule has 0 aromatic carbocycles. The fourth-order valence-corrected chi connectivity index (χ4v) is 4.98. The van der Waals surface area contributed by atoms with Crippen molar-refractivity contribution < 1.29 is 0 Å². The van der Waals surface area contributed by atoms with Crippen LogP contribution in [0.5, 0.6) is 0 Å². The average molecular weight is 390 g/mol. The van der Waals surface area contributed by atoms with Crippen LogP contribution in [0.15, 0.2) is 24.4 Å². The molecule has 0 aliphatic carbocycles. The molecule has 2 bridgehead atoms. The van der Waals surface area contributed by atoms with Gasteiger partial charge >= 0.3 is 0 Å². The van der Waals surface area contributed by atoms with Crippen LogP contribution in [-0.2, 0) is 0 Å². The Hall–Kier alpha value is -3.05. The molecule has 2 unspecified atom stereocenters. The van der Waals surface area contributed by atoms with Crippen molar-refractivity contribution >= 4 is 28.4 Å². The minimum atomic E-state index is 0.409. The Balaban J connectivity index is 1.34. The molecular weight excluding hydrogens is 364 g/mol. The van der Waals surface area contributed by atoms with Gasteiger partial charge < -0.3 is 15.6 Å². The van der Waals surface area contributed by atoms with E-state index >= 15 is 0 Å². The predicted octanol–water partition coefficient (Wildman–Crippen LogP) is 3.66. The number of aryl methyl sites for hydroxylation is 1. The zero-order valence-electron chi connectivity index (χ0n) is 16.6. The smallest absolute Gasteiger partial charge is 0.153 e. The number of piperidine rings is 1. The molecule has 5 heterocycles. The summed E-state index contributed by atoms with van der Waals surface area (Å²) >= 11 is 0. The maximum absolute atomic E-state index is 8.93. The summed E-state index contributed by atoms with van der Waals surface area (Å²) in [7, 11) is 0. The summed E-state index contributed by atoms with van der Waals surface area (Å²) in [6.45, 7) is 2.88. The van der Waals surface area contributed by atoms with Crippen molar-refractivity contribution in [1.29, 1.82) is 5.26 Å². The van der Waals surface area contributed by atoms with Crippen molar-refractivity contribution in [2.45, 2.75) is 57.2 Å². The second kappa shape index (κ2) is 7.41. The highest BCUT2D eigenvalue weighted by atomic mass is 15.2. The molecule has 0 amide bonds. The lowest BCUT2D eigenvalue weighted by molar-refractivity contribution is 0.136. The van der Waals surface area contributed by atoms with Crippen molar-refractivity contribution in [1.82, 2.24) is 25.1 Å². The van der Waals surface area contributed by atoms with Gasteiger partial charge in [0, 0.05) is 60.5 Å². The maximum atomic E-state index is 8.93. The molecule has 29 heavy (non-hydrogen) atoms. The largest absolute Gasteiger partial charge is 0.367 e. The van der Waals surface area contributed by atoms with Gasteiger partial charge in [-0.3, -0.25) is 10.00 Å². The minimum absolute atomic E-state index is 0.409. The zero-order valence-corrected chi connectivity index (χ0v) is 16.6. The zero-order chi connectivity index (χ0) is 19.8. The van der Waals surface area contributed by atoms with Gasteiger partial charge in [0.15, 0.2) is 5.82 Å². The van der Waals surface area contributed by atoms with E-state index in [1.54, 1.807) is 0 Å². The lowest BCUT2D eigenvalue weighted by Crippen LogP contribution is -2.47. The van der Waals surface area contributed by atoms with Crippen LogP contribution in [0.1, 0.15) is 37.8 Å². The van der Waals surface area contributed by atoms with Gasteiger partial charge in [-0.15, -0.1) is 0 Å². The molecule has 8 nitrogen and oxygen atoms in total. The van der Waals surface area contributed by atoms with E-state index in [0.717, 1.165) is 53.4 Å². The summed E-state index contributed by atoms with van der Waals surface area (Å²) in [5.74, 6) is 2.44. The molecule has 8 heteroatoms. The van der Waals surface area contributed by atoms with E-state index in [0.29, 0.717) is 24.5 Å². The number of hydrogen-bond donors (Lipinski definition) is 4. The normalized spacial score (nSPS) is 23.9. The van der Waals surface area contributed by atoms with Crippen molar-refractivity contribution in [3.63, 3.8) is 0 Å². The van der Waals surface area contributed by atoms with E-state index in [-0.39, 0.29) is 0 Å². The number of nitriles is 1. The first kappa shape index (κ1) is 18.0. The van der Waals surface area contributed by atoms with Gasteiger partial charge in [0.05, 0.1) is 11.6 Å². The van der Waals surface area contributed by atoms with E-state index in [9.17, 15) is 0 Å². The van der Waals surface area contributed by atoms with Crippen LogP contribution in [0.25, 0.3) is 10.9 Å². The maximum Gasteiger partial charge on any atom is 0.153 e. The first-order valence-corrected chi connectivity index (χ1v) is 10.4. The molecule has 2 aliphatic rings. The molecule has 0 radical (unpaired) electrons. The Morgan fingerprint density at radius 2 is 2.07 bits per heavy atom. The molecular formula is C21H26N8. The van der Waals surface area contributed by atoms with E-state index in [4.69, 9.17) is 10.2 Å². The summed E-state index contributed by atoms with van der Waals surface area (Å²) in [4.78, 5) is 10.7. The molecule has 4 N–H and O–H groups in total.